The summed E-state index contributed by atoms with van der Waals surface area (Å²) in [6, 6.07) is 8.08. The van der Waals surface area contributed by atoms with Crippen molar-refractivity contribution in [3.8, 4) is 17.2 Å². The largest absolute Gasteiger partial charge is 0.494 e. The third-order valence-corrected chi connectivity index (χ3v) is 3.33. The second kappa shape index (κ2) is 7.37. The van der Waals surface area contributed by atoms with Crippen molar-refractivity contribution in [3.63, 3.8) is 0 Å². The maximum absolute atomic E-state index is 5.69. The van der Waals surface area contributed by atoms with Gasteiger partial charge in [0.15, 0.2) is 0 Å². The highest BCUT2D eigenvalue weighted by atomic mass is 28.3. The predicted molar refractivity (Wildman–Crippen MR) is 85.3 cm³/mol. The van der Waals surface area contributed by atoms with Gasteiger partial charge in [0.2, 0.25) is 0 Å². The zero-order chi connectivity index (χ0) is 14.3. The summed E-state index contributed by atoms with van der Waals surface area (Å²) in [7, 11) is 2.86. The molecule has 1 aromatic rings. The fourth-order valence-corrected chi connectivity index (χ4v) is 1.98. The zero-order valence-corrected chi connectivity index (χ0v) is 13.8. The highest BCUT2D eigenvalue weighted by Crippen LogP contribution is 2.12. The van der Waals surface area contributed by atoms with Crippen LogP contribution in [0.5, 0.6) is 5.75 Å². The van der Waals surface area contributed by atoms with E-state index >= 15 is 0 Å². The van der Waals surface area contributed by atoms with Crippen molar-refractivity contribution in [1.29, 1.82) is 0 Å². The number of benzene rings is 1. The van der Waals surface area contributed by atoms with Gasteiger partial charge in [-0.1, -0.05) is 25.6 Å². The fraction of sp³-hybridized carbons (Fsp3) is 0.500. The van der Waals surface area contributed by atoms with Crippen molar-refractivity contribution < 1.29 is 4.74 Å². The van der Waals surface area contributed by atoms with Crippen molar-refractivity contribution in [2.24, 2.45) is 0 Å². The molecule has 0 N–H and O–H groups in total. The quantitative estimate of drug-likeness (QED) is 0.465. The van der Waals surface area contributed by atoms with Crippen LogP contribution in [0, 0.1) is 11.5 Å². The minimum atomic E-state index is -1.29. The van der Waals surface area contributed by atoms with Crippen molar-refractivity contribution >= 4 is 8.07 Å². The molecule has 1 aromatic carbocycles. The molecule has 0 saturated heterocycles. The van der Waals surface area contributed by atoms with E-state index in [4.69, 9.17) is 4.74 Å². The average Bonchev–Trinajstić information content (AvgIpc) is 2.32. The Hall–Kier alpha value is -1.24. The molecule has 0 saturated carbocycles. The van der Waals surface area contributed by atoms with E-state index in [1.54, 1.807) is 0 Å². The summed E-state index contributed by atoms with van der Waals surface area (Å²) < 4.78 is 5.69. The molecule has 0 atom stereocenters. The lowest BCUT2D eigenvalue weighted by molar-refractivity contribution is 0.281. The Morgan fingerprint density at radius 1 is 1.11 bits per heavy atom. The molecular formula is C16H25NOSi. The summed E-state index contributed by atoms with van der Waals surface area (Å²) >= 11 is 0. The second-order valence-electron chi connectivity index (χ2n) is 6.03. The molecule has 0 unspecified atom stereocenters. The van der Waals surface area contributed by atoms with E-state index in [0.29, 0.717) is 0 Å². The average molecular weight is 275 g/mol. The molecule has 0 aliphatic carbocycles. The topological polar surface area (TPSA) is 12.5 Å². The Balaban J connectivity index is 2.45. The number of ether oxygens (including phenoxy) is 1. The first-order chi connectivity index (χ1) is 8.87. The van der Waals surface area contributed by atoms with Crippen molar-refractivity contribution in [3.05, 3.63) is 29.8 Å². The molecule has 19 heavy (non-hydrogen) atoms. The van der Waals surface area contributed by atoms with Crippen LogP contribution in [0.25, 0.3) is 0 Å². The molecule has 0 aromatic heterocycles. The van der Waals surface area contributed by atoms with Crippen LogP contribution in [0.3, 0.4) is 0 Å². The lowest BCUT2D eigenvalue weighted by Crippen LogP contribution is -2.16. The Labute approximate surface area is 118 Å². The van der Waals surface area contributed by atoms with E-state index in [-0.39, 0.29) is 0 Å². The van der Waals surface area contributed by atoms with Crippen LogP contribution in [0.2, 0.25) is 19.6 Å². The van der Waals surface area contributed by atoms with Gasteiger partial charge >= 0.3 is 0 Å². The molecule has 3 heteroatoms. The van der Waals surface area contributed by atoms with Crippen LogP contribution < -0.4 is 4.74 Å². The van der Waals surface area contributed by atoms with Gasteiger partial charge in [-0.3, -0.25) is 0 Å². The number of nitrogens with zero attached hydrogens (tertiary/aromatic N) is 1. The maximum Gasteiger partial charge on any atom is 0.129 e. The molecule has 104 valence electrons. The summed E-state index contributed by atoms with van der Waals surface area (Å²) in [6.45, 7) is 8.57. The SMILES string of the molecule is CN(C)CCCOc1ccc(C#C[Si](C)(C)C)cc1. The highest BCUT2D eigenvalue weighted by Gasteiger charge is 2.07. The van der Waals surface area contributed by atoms with Gasteiger partial charge in [-0.05, 0) is 44.8 Å². The van der Waals surface area contributed by atoms with Gasteiger partial charge in [0.1, 0.15) is 13.8 Å². The van der Waals surface area contributed by atoms with E-state index in [9.17, 15) is 0 Å². The highest BCUT2D eigenvalue weighted by molar-refractivity contribution is 6.83. The third kappa shape index (κ3) is 7.71. The smallest absolute Gasteiger partial charge is 0.129 e. The number of hydrogen-bond donors (Lipinski definition) is 0. The minimum absolute atomic E-state index is 0.762. The number of hydrogen-bond acceptors (Lipinski definition) is 2. The van der Waals surface area contributed by atoms with Crippen LogP contribution >= 0.6 is 0 Å². The van der Waals surface area contributed by atoms with E-state index in [1.165, 1.54) is 0 Å². The maximum atomic E-state index is 5.69. The van der Waals surface area contributed by atoms with E-state index < -0.39 is 8.07 Å². The van der Waals surface area contributed by atoms with Gasteiger partial charge in [-0.25, -0.2) is 0 Å². The van der Waals surface area contributed by atoms with Crippen molar-refractivity contribution in [1.82, 2.24) is 4.90 Å². The van der Waals surface area contributed by atoms with Crippen LogP contribution in [-0.4, -0.2) is 40.2 Å². The summed E-state index contributed by atoms with van der Waals surface area (Å²) in [5, 5.41) is 0. The predicted octanol–water partition coefficient (Wildman–Crippen LogP) is 3.25. The first-order valence-corrected chi connectivity index (χ1v) is 10.3. The van der Waals surface area contributed by atoms with Crippen LogP contribution in [0.1, 0.15) is 12.0 Å². The molecule has 0 aliphatic heterocycles. The third-order valence-electron chi connectivity index (χ3n) is 2.45. The molecule has 2 nitrogen and oxygen atoms in total. The van der Waals surface area contributed by atoms with E-state index in [2.05, 4.69) is 50.1 Å². The van der Waals surface area contributed by atoms with Gasteiger partial charge in [-0.15, -0.1) is 5.54 Å². The Bertz CT molecular complexity index is 435. The van der Waals surface area contributed by atoms with E-state index in [0.717, 1.165) is 30.9 Å². The monoisotopic (exact) mass is 275 g/mol. The fourth-order valence-electron chi connectivity index (χ4n) is 1.46. The standard InChI is InChI=1S/C16H25NOSi/c1-17(2)12-6-13-18-16-9-7-15(8-10-16)11-14-19(3,4)5/h7-10H,6,12-13H2,1-5H3. The van der Waals surface area contributed by atoms with E-state index in [1.807, 2.05) is 24.3 Å². The second-order valence-corrected chi connectivity index (χ2v) is 10.8. The summed E-state index contributed by atoms with van der Waals surface area (Å²) in [5.41, 5.74) is 4.44. The molecule has 0 heterocycles. The molecule has 0 radical (unpaired) electrons. The summed E-state index contributed by atoms with van der Waals surface area (Å²) in [4.78, 5) is 2.17. The molecule has 0 bridgehead atoms. The first-order valence-electron chi connectivity index (χ1n) is 6.77. The minimum Gasteiger partial charge on any atom is -0.494 e. The number of rotatable bonds is 5. The Morgan fingerprint density at radius 3 is 2.26 bits per heavy atom. The lowest BCUT2D eigenvalue weighted by Gasteiger charge is -2.10. The lowest BCUT2D eigenvalue weighted by atomic mass is 10.2. The Kier molecular flexibility index (Phi) is 6.14. The summed E-state index contributed by atoms with van der Waals surface area (Å²) in [6.07, 6.45) is 1.05. The summed E-state index contributed by atoms with van der Waals surface area (Å²) in [5.74, 6) is 4.17. The molecule has 0 fully saturated rings. The van der Waals surface area contributed by atoms with Crippen molar-refractivity contribution in [2.45, 2.75) is 26.1 Å². The molecule has 0 spiro atoms. The molecule has 0 amide bonds. The Morgan fingerprint density at radius 2 is 1.74 bits per heavy atom. The zero-order valence-electron chi connectivity index (χ0n) is 12.8. The normalized spacial score (nSPS) is 11.1. The van der Waals surface area contributed by atoms with Crippen LogP contribution in [0.4, 0.5) is 0 Å². The molecule has 1 rings (SSSR count). The van der Waals surface area contributed by atoms with Gasteiger partial charge in [-0.2, -0.15) is 0 Å². The van der Waals surface area contributed by atoms with Gasteiger partial charge in [0.25, 0.3) is 0 Å². The van der Waals surface area contributed by atoms with Crippen LogP contribution in [-0.2, 0) is 0 Å². The van der Waals surface area contributed by atoms with Gasteiger partial charge in [0.05, 0.1) is 6.61 Å². The molecule has 0 aliphatic rings. The first kappa shape index (κ1) is 15.8. The molecular weight excluding hydrogens is 250 g/mol. The van der Waals surface area contributed by atoms with Gasteiger partial charge < -0.3 is 9.64 Å². The van der Waals surface area contributed by atoms with Crippen LogP contribution in [0.15, 0.2) is 24.3 Å². The van der Waals surface area contributed by atoms with Crippen molar-refractivity contribution in [2.75, 3.05) is 27.2 Å². The van der Waals surface area contributed by atoms with Gasteiger partial charge in [0, 0.05) is 12.1 Å².